The molecule has 1 aromatic heterocycles. The average molecular weight is 346 g/mol. The van der Waals surface area contributed by atoms with E-state index in [1.54, 1.807) is 0 Å². The molecule has 0 aliphatic rings. The second-order valence-corrected chi connectivity index (χ2v) is 7.83. The van der Waals surface area contributed by atoms with Gasteiger partial charge in [0, 0.05) is 30.5 Å². The third-order valence-corrected chi connectivity index (χ3v) is 4.76. The van der Waals surface area contributed by atoms with Gasteiger partial charge in [0.05, 0.1) is 6.61 Å². The molecule has 0 radical (unpaired) electrons. The van der Waals surface area contributed by atoms with E-state index in [1.807, 2.05) is 18.2 Å². The molecule has 4 heteroatoms. The van der Waals surface area contributed by atoms with Crippen LogP contribution in [-0.4, -0.2) is 33.3 Å². The van der Waals surface area contributed by atoms with Gasteiger partial charge in [-0.1, -0.05) is 26.0 Å². The van der Waals surface area contributed by atoms with Crippen LogP contribution in [0.5, 0.6) is 0 Å². The SMILES string of the molecule is CC(C)CCN(Cc1cccn1Cc1ccc(F)cc1)C(C)(C)CO. The number of aromatic nitrogens is 1. The number of aliphatic hydroxyl groups is 1. The Morgan fingerprint density at radius 3 is 2.44 bits per heavy atom. The van der Waals surface area contributed by atoms with Crippen LogP contribution in [0.4, 0.5) is 4.39 Å². The average Bonchev–Trinajstić information content (AvgIpc) is 3.00. The van der Waals surface area contributed by atoms with Crippen molar-refractivity contribution < 1.29 is 9.50 Å². The van der Waals surface area contributed by atoms with E-state index in [2.05, 4.69) is 49.4 Å². The fourth-order valence-corrected chi connectivity index (χ4v) is 2.84. The lowest BCUT2D eigenvalue weighted by Crippen LogP contribution is -2.47. The van der Waals surface area contributed by atoms with Crippen molar-refractivity contribution in [3.05, 3.63) is 59.7 Å². The van der Waals surface area contributed by atoms with E-state index < -0.39 is 0 Å². The fourth-order valence-electron chi connectivity index (χ4n) is 2.84. The van der Waals surface area contributed by atoms with Crippen molar-refractivity contribution in [2.45, 2.75) is 52.7 Å². The van der Waals surface area contributed by atoms with E-state index in [0.717, 1.165) is 31.6 Å². The lowest BCUT2D eigenvalue weighted by molar-refractivity contribution is 0.0453. The summed E-state index contributed by atoms with van der Waals surface area (Å²) in [6.07, 6.45) is 3.16. The molecule has 1 heterocycles. The van der Waals surface area contributed by atoms with Gasteiger partial charge in [0.2, 0.25) is 0 Å². The molecular weight excluding hydrogens is 315 g/mol. The van der Waals surface area contributed by atoms with E-state index in [9.17, 15) is 9.50 Å². The molecule has 0 saturated carbocycles. The first-order valence-electron chi connectivity index (χ1n) is 9.06. The second-order valence-electron chi connectivity index (χ2n) is 7.83. The summed E-state index contributed by atoms with van der Waals surface area (Å²) in [6, 6.07) is 10.8. The maximum Gasteiger partial charge on any atom is 0.123 e. The molecule has 0 fully saturated rings. The van der Waals surface area contributed by atoms with E-state index in [1.165, 1.54) is 17.8 Å². The molecule has 0 aliphatic heterocycles. The summed E-state index contributed by atoms with van der Waals surface area (Å²) in [4.78, 5) is 2.35. The Morgan fingerprint density at radius 2 is 1.84 bits per heavy atom. The summed E-state index contributed by atoms with van der Waals surface area (Å²) in [5.74, 6) is 0.420. The zero-order valence-corrected chi connectivity index (χ0v) is 15.9. The van der Waals surface area contributed by atoms with Crippen LogP contribution in [0, 0.1) is 11.7 Å². The van der Waals surface area contributed by atoms with Crippen LogP contribution in [0.25, 0.3) is 0 Å². The molecule has 0 amide bonds. The van der Waals surface area contributed by atoms with Crippen molar-refractivity contribution in [2.75, 3.05) is 13.2 Å². The highest BCUT2D eigenvalue weighted by Gasteiger charge is 2.26. The van der Waals surface area contributed by atoms with Gasteiger partial charge in [-0.3, -0.25) is 4.90 Å². The second kappa shape index (κ2) is 8.63. The molecule has 1 N–H and O–H groups in total. The van der Waals surface area contributed by atoms with Gasteiger partial charge < -0.3 is 9.67 Å². The van der Waals surface area contributed by atoms with Gasteiger partial charge in [-0.05, 0) is 62.6 Å². The van der Waals surface area contributed by atoms with Gasteiger partial charge in [-0.25, -0.2) is 4.39 Å². The Balaban J connectivity index is 2.13. The highest BCUT2D eigenvalue weighted by Crippen LogP contribution is 2.20. The molecule has 1 aromatic carbocycles. The minimum absolute atomic E-state index is 0.129. The Hall–Kier alpha value is -1.65. The van der Waals surface area contributed by atoms with E-state index in [4.69, 9.17) is 0 Å². The Kier molecular flexibility index (Phi) is 6.79. The molecule has 2 rings (SSSR count). The fraction of sp³-hybridized carbons (Fsp3) is 0.524. The van der Waals surface area contributed by atoms with Crippen LogP contribution in [0.1, 0.15) is 45.4 Å². The summed E-state index contributed by atoms with van der Waals surface area (Å²) in [5.41, 5.74) is 2.02. The molecule has 0 spiro atoms. The predicted molar refractivity (Wildman–Crippen MR) is 101 cm³/mol. The van der Waals surface area contributed by atoms with Crippen LogP contribution < -0.4 is 0 Å². The summed E-state index contributed by atoms with van der Waals surface area (Å²) in [7, 11) is 0. The maximum atomic E-state index is 13.1. The monoisotopic (exact) mass is 346 g/mol. The molecule has 25 heavy (non-hydrogen) atoms. The predicted octanol–water partition coefficient (Wildman–Crippen LogP) is 4.29. The number of hydrogen-bond acceptors (Lipinski definition) is 2. The molecule has 138 valence electrons. The van der Waals surface area contributed by atoms with Gasteiger partial charge in [0.15, 0.2) is 0 Å². The van der Waals surface area contributed by atoms with Crippen LogP contribution in [0.3, 0.4) is 0 Å². The zero-order chi connectivity index (χ0) is 18.4. The van der Waals surface area contributed by atoms with Crippen LogP contribution >= 0.6 is 0 Å². The molecule has 0 bridgehead atoms. The van der Waals surface area contributed by atoms with E-state index >= 15 is 0 Å². The first-order chi connectivity index (χ1) is 11.8. The topological polar surface area (TPSA) is 28.4 Å². The van der Waals surface area contributed by atoms with Gasteiger partial charge >= 0.3 is 0 Å². The normalized spacial score (nSPS) is 12.3. The molecule has 3 nitrogen and oxygen atoms in total. The Labute approximate surface area is 151 Å². The Bertz CT molecular complexity index is 646. The largest absolute Gasteiger partial charge is 0.394 e. The molecule has 0 saturated heterocycles. The van der Waals surface area contributed by atoms with Crippen molar-refractivity contribution in [3.63, 3.8) is 0 Å². The maximum absolute atomic E-state index is 13.1. The molecule has 0 aliphatic carbocycles. The number of nitrogens with zero attached hydrogens (tertiary/aromatic N) is 2. The van der Waals surface area contributed by atoms with Gasteiger partial charge in [0.1, 0.15) is 5.82 Å². The van der Waals surface area contributed by atoms with Crippen molar-refractivity contribution in [1.29, 1.82) is 0 Å². The molecular formula is C21H31FN2O. The van der Waals surface area contributed by atoms with E-state index in [0.29, 0.717) is 5.92 Å². The van der Waals surface area contributed by atoms with Crippen molar-refractivity contribution in [1.82, 2.24) is 9.47 Å². The summed E-state index contributed by atoms with van der Waals surface area (Å²) in [5, 5.41) is 9.80. The zero-order valence-electron chi connectivity index (χ0n) is 15.9. The number of aliphatic hydroxyl groups excluding tert-OH is 1. The number of benzene rings is 1. The van der Waals surface area contributed by atoms with Crippen molar-refractivity contribution in [3.8, 4) is 0 Å². The highest BCUT2D eigenvalue weighted by atomic mass is 19.1. The van der Waals surface area contributed by atoms with Crippen LogP contribution in [-0.2, 0) is 13.1 Å². The molecule has 0 atom stereocenters. The number of halogens is 1. The lowest BCUT2D eigenvalue weighted by Gasteiger charge is -2.38. The standard InChI is InChI=1S/C21H31FN2O/c1-17(2)11-13-24(21(3,4)16-25)15-20-6-5-12-23(20)14-18-7-9-19(22)10-8-18/h5-10,12,17,25H,11,13-16H2,1-4H3. The highest BCUT2D eigenvalue weighted by molar-refractivity contribution is 5.18. The smallest absolute Gasteiger partial charge is 0.123 e. The first-order valence-corrected chi connectivity index (χ1v) is 9.06. The van der Waals surface area contributed by atoms with Crippen molar-refractivity contribution >= 4 is 0 Å². The van der Waals surface area contributed by atoms with Gasteiger partial charge in [-0.2, -0.15) is 0 Å². The summed E-state index contributed by atoms with van der Waals surface area (Å²) >= 11 is 0. The Morgan fingerprint density at radius 1 is 1.16 bits per heavy atom. The van der Waals surface area contributed by atoms with Gasteiger partial charge in [-0.15, -0.1) is 0 Å². The third-order valence-electron chi connectivity index (χ3n) is 4.76. The minimum atomic E-state index is -0.264. The summed E-state index contributed by atoms with van der Waals surface area (Å²) in [6.45, 7) is 11.2. The minimum Gasteiger partial charge on any atom is -0.394 e. The first kappa shape index (κ1) is 19.7. The quantitative estimate of drug-likeness (QED) is 0.733. The number of hydrogen-bond donors (Lipinski definition) is 1. The van der Waals surface area contributed by atoms with Gasteiger partial charge in [0.25, 0.3) is 0 Å². The third kappa shape index (κ3) is 5.68. The van der Waals surface area contributed by atoms with Crippen LogP contribution in [0.15, 0.2) is 42.6 Å². The molecule has 2 aromatic rings. The van der Waals surface area contributed by atoms with E-state index in [-0.39, 0.29) is 18.0 Å². The lowest BCUT2D eigenvalue weighted by atomic mass is 10.0. The summed E-state index contributed by atoms with van der Waals surface area (Å²) < 4.78 is 15.3. The van der Waals surface area contributed by atoms with Crippen LogP contribution in [0.2, 0.25) is 0 Å². The number of rotatable bonds is 9. The molecule has 0 unspecified atom stereocenters. The van der Waals surface area contributed by atoms with Crippen molar-refractivity contribution in [2.24, 2.45) is 5.92 Å².